The summed E-state index contributed by atoms with van der Waals surface area (Å²) >= 11 is 0. The van der Waals surface area contributed by atoms with E-state index < -0.39 is 0 Å². The van der Waals surface area contributed by atoms with Crippen molar-refractivity contribution in [1.82, 2.24) is 24.6 Å². The number of aryl methyl sites for hydroxylation is 1. The van der Waals surface area contributed by atoms with Crippen LogP contribution in [0.15, 0.2) is 41.3 Å². The van der Waals surface area contributed by atoms with Crippen LogP contribution in [0.1, 0.15) is 49.7 Å². The highest BCUT2D eigenvalue weighted by molar-refractivity contribution is 5.17. The zero-order valence-electron chi connectivity index (χ0n) is 16.4. The Balaban J connectivity index is 1.37. The van der Waals surface area contributed by atoms with E-state index in [1.54, 1.807) is 0 Å². The highest BCUT2D eigenvalue weighted by Gasteiger charge is 2.36. The third kappa shape index (κ3) is 3.99. The van der Waals surface area contributed by atoms with Gasteiger partial charge < -0.3 is 9.09 Å². The zero-order chi connectivity index (χ0) is 19.6. The van der Waals surface area contributed by atoms with Crippen LogP contribution in [0.3, 0.4) is 0 Å². The minimum atomic E-state index is -0.210. The highest BCUT2D eigenvalue weighted by atomic mass is 19.1. The Kier molecular flexibility index (Phi) is 5.26. The third-order valence-corrected chi connectivity index (χ3v) is 5.71. The molecule has 0 saturated carbocycles. The average Bonchev–Trinajstić information content (AvgIpc) is 3.36. The van der Waals surface area contributed by atoms with E-state index in [9.17, 15) is 4.39 Å². The Labute approximate surface area is 164 Å². The number of nitrogens with zero attached hydrogens (tertiary/aromatic N) is 5. The van der Waals surface area contributed by atoms with Crippen molar-refractivity contribution in [1.29, 1.82) is 0 Å². The monoisotopic (exact) mass is 383 g/mol. The van der Waals surface area contributed by atoms with Gasteiger partial charge in [-0.15, -0.1) is 0 Å². The number of halogens is 1. The summed E-state index contributed by atoms with van der Waals surface area (Å²) in [5, 5.41) is 4.06. The summed E-state index contributed by atoms with van der Waals surface area (Å²) in [6.45, 7) is 7.75. The molecule has 1 aliphatic rings. The van der Waals surface area contributed by atoms with Gasteiger partial charge in [0, 0.05) is 31.1 Å². The molecule has 0 spiro atoms. The minimum Gasteiger partial charge on any atom is -0.339 e. The lowest BCUT2D eigenvalue weighted by Crippen LogP contribution is -2.41. The van der Waals surface area contributed by atoms with E-state index in [0.717, 1.165) is 56.2 Å². The van der Waals surface area contributed by atoms with E-state index in [1.165, 1.54) is 17.8 Å². The minimum absolute atomic E-state index is 0.0503. The first kappa shape index (κ1) is 18.8. The van der Waals surface area contributed by atoms with Crippen molar-refractivity contribution in [2.75, 3.05) is 13.1 Å². The van der Waals surface area contributed by atoms with Crippen LogP contribution in [0.2, 0.25) is 0 Å². The molecule has 1 fully saturated rings. The molecule has 3 aromatic rings. The summed E-state index contributed by atoms with van der Waals surface area (Å²) in [6, 6.07) is 6.64. The molecular weight excluding hydrogens is 357 g/mol. The normalized spacial score (nSPS) is 17.1. The fourth-order valence-electron chi connectivity index (χ4n) is 3.70. The second-order valence-electron chi connectivity index (χ2n) is 7.85. The quantitative estimate of drug-likeness (QED) is 0.651. The highest BCUT2D eigenvalue weighted by Crippen LogP contribution is 2.34. The van der Waals surface area contributed by atoms with Crippen LogP contribution in [0.4, 0.5) is 4.39 Å². The Bertz CT molecular complexity index is 909. The molecule has 6 nitrogen and oxygen atoms in total. The number of imidazole rings is 1. The second-order valence-corrected chi connectivity index (χ2v) is 7.85. The summed E-state index contributed by atoms with van der Waals surface area (Å²) in [4.78, 5) is 11.3. The zero-order valence-corrected chi connectivity index (χ0v) is 16.4. The summed E-state index contributed by atoms with van der Waals surface area (Å²) < 4.78 is 20.8. The van der Waals surface area contributed by atoms with E-state index in [-0.39, 0.29) is 11.2 Å². The Hall–Kier alpha value is -2.54. The molecule has 0 amide bonds. The van der Waals surface area contributed by atoms with Gasteiger partial charge >= 0.3 is 0 Å². The predicted octanol–water partition coefficient (Wildman–Crippen LogP) is 3.57. The van der Waals surface area contributed by atoms with Gasteiger partial charge in [0.1, 0.15) is 5.82 Å². The number of benzene rings is 1. The van der Waals surface area contributed by atoms with Crippen molar-refractivity contribution < 1.29 is 8.91 Å². The van der Waals surface area contributed by atoms with Gasteiger partial charge in [-0.2, -0.15) is 4.98 Å². The first-order valence-corrected chi connectivity index (χ1v) is 9.84. The van der Waals surface area contributed by atoms with E-state index >= 15 is 0 Å². The molecule has 28 heavy (non-hydrogen) atoms. The Morgan fingerprint density at radius 1 is 1.14 bits per heavy atom. The van der Waals surface area contributed by atoms with Gasteiger partial charge in [-0.25, -0.2) is 9.37 Å². The fourth-order valence-corrected chi connectivity index (χ4v) is 3.70. The molecule has 1 aromatic carbocycles. The van der Waals surface area contributed by atoms with E-state index in [2.05, 4.69) is 31.5 Å². The second kappa shape index (κ2) is 7.83. The summed E-state index contributed by atoms with van der Waals surface area (Å²) in [5.41, 5.74) is 2.18. The molecule has 0 bridgehead atoms. The van der Waals surface area contributed by atoms with Gasteiger partial charge in [-0.3, -0.25) is 4.90 Å². The lowest BCUT2D eigenvalue weighted by molar-refractivity contribution is 0.135. The van der Waals surface area contributed by atoms with Gasteiger partial charge in [0.05, 0.1) is 12.0 Å². The number of likely N-dealkylation sites (tertiary alicyclic amines) is 1. The third-order valence-electron chi connectivity index (χ3n) is 5.71. The van der Waals surface area contributed by atoms with Crippen molar-refractivity contribution in [3.8, 4) is 0 Å². The molecule has 0 N–H and O–H groups in total. The van der Waals surface area contributed by atoms with Crippen molar-refractivity contribution in [3.05, 3.63) is 65.6 Å². The van der Waals surface area contributed by atoms with Crippen LogP contribution >= 0.6 is 0 Å². The first-order valence-electron chi connectivity index (χ1n) is 9.84. The van der Waals surface area contributed by atoms with Gasteiger partial charge in [-0.1, -0.05) is 31.1 Å². The van der Waals surface area contributed by atoms with Gasteiger partial charge in [0.25, 0.3) is 0 Å². The Morgan fingerprint density at radius 3 is 2.57 bits per heavy atom. The number of hydrogen-bond donors (Lipinski definition) is 0. The first-order chi connectivity index (χ1) is 13.6. The average molecular weight is 383 g/mol. The van der Waals surface area contributed by atoms with Crippen molar-refractivity contribution in [2.45, 2.75) is 51.6 Å². The smallest absolute Gasteiger partial charge is 0.232 e. The maximum Gasteiger partial charge on any atom is 0.232 e. The molecule has 0 radical (unpaired) electrons. The molecule has 2 aromatic heterocycles. The van der Waals surface area contributed by atoms with Crippen LogP contribution in [0, 0.1) is 5.82 Å². The molecular formula is C21H26FN5O. The molecule has 0 aliphatic carbocycles. The van der Waals surface area contributed by atoms with Gasteiger partial charge in [-0.05, 0) is 43.6 Å². The predicted molar refractivity (Wildman–Crippen MR) is 103 cm³/mol. The summed E-state index contributed by atoms with van der Waals surface area (Å²) in [6.07, 6.45) is 6.54. The molecule has 7 heteroatoms. The Morgan fingerprint density at radius 2 is 1.89 bits per heavy atom. The maximum absolute atomic E-state index is 13.1. The van der Waals surface area contributed by atoms with Crippen LogP contribution < -0.4 is 0 Å². The standard InChI is InChI=1S/C21H26FN5O/c1-3-19-24-20(28-25-19)21(2)8-10-26(11-9-21)14-18-12-23-15-27(18)13-16-4-6-17(22)7-5-16/h4-7,12,15H,3,8-11,13-14H2,1-2H3. The number of rotatable bonds is 6. The maximum atomic E-state index is 13.1. The van der Waals surface area contributed by atoms with E-state index in [1.807, 2.05) is 31.6 Å². The largest absolute Gasteiger partial charge is 0.339 e. The molecule has 0 atom stereocenters. The van der Waals surface area contributed by atoms with Gasteiger partial charge in [0.15, 0.2) is 5.82 Å². The topological polar surface area (TPSA) is 60.0 Å². The summed E-state index contributed by atoms with van der Waals surface area (Å²) in [7, 11) is 0. The number of hydrogen-bond acceptors (Lipinski definition) is 5. The molecule has 3 heterocycles. The van der Waals surface area contributed by atoms with Crippen LogP contribution in [0.25, 0.3) is 0 Å². The van der Waals surface area contributed by atoms with Crippen LogP contribution in [-0.2, 0) is 24.9 Å². The molecule has 1 saturated heterocycles. The van der Waals surface area contributed by atoms with E-state index in [4.69, 9.17) is 4.52 Å². The fraction of sp³-hybridized carbons (Fsp3) is 0.476. The summed E-state index contributed by atoms with van der Waals surface area (Å²) in [5.74, 6) is 1.34. The van der Waals surface area contributed by atoms with E-state index in [0.29, 0.717) is 6.54 Å². The molecule has 1 aliphatic heterocycles. The lowest BCUT2D eigenvalue weighted by Gasteiger charge is -2.36. The molecule has 0 unspecified atom stereocenters. The van der Waals surface area contributed by atoms with Crippen LogP contribution in [-0.4, -0.2) is 37.7 Å². The number of aromatic nitrogens is 4. The molecule has 4 rings (SSSR count). The SMILES string of the molecule is CCc1noc(C2(C)CCN(Cc3cncn3Cc3ccc(F)cc3)CC2)n1. The number of piperidine rings is 1. The van der Waals surface area contributed by atoms with Crippen LogP contribution in [0.5, 0.6) is 0 Å². The molecule has 148 valence electrons. The van der Waals surface area contributed by atoms with Crippen molar-refractivity contribution in [2.24, 2.45) is 0 Å². The van der Waals surface area contributed by atoms with Gasteiger partial charge in [0.2, 0.25) is 5.89 Å². The van der Waals surface area contributed by atoms with Crippen molar-refractivity contribution >= 4 is 0 Å². The lowest BCUT2D eigenvalue weighted by atomic mass is 9.80. The van der Waals surface area contributed by atoms with Crippen molar-refractivity contribution in [3.63, 3.8) is 0 Å².